The van der Waals surface area contributed by atoms with E-state index in [9.17, 15) is 5.11 Å². The summed E-state index contributed by atoms with van der Waals surface area (Å²) in [5.74, 6) is 1.86. The Morgan fingerprint density at radius 1 is 1.00 bits per heavy atom. The average Bonchev–Trinajstić information content (AvgIpc) is 3.45. The Morgan fingerprint density at radius 3 is 2.40 bits per heavy atom. The molecular weight excluding hydrogens is 520 g/mol. The number of phenolic OH excluding ortho intramolecular Hbond substituents is 1. The van der Waals surface area contributed by atoms with Crippen LogP contribution in [-0.2, 0) is 0 Å². The summed E-state index contributed by atoms with van der Waals surface area (Å²) in [7, 11) is 1.65. The predicted molar refractivity (Wildman–Crippen MR) is 146 cm³/mol. The molecule has 0 spiro atoms. The van der Waals surface area contributed by atoms with E-state index in [0.717, 1.165) is 43.5 Å². The number of phenols is 1. The van der Waals surface area contributed by atoms with Crippen LogP contribution in [0.25, 0.3) is 5.69 Å². The first kappa shape index (κ1) is 22.4. The molecule has 35 heavy (non-hydrogen) atoms. The number of ether oxygens (including phenoxy) is 1. The number of halogens is 1. The molecule has 1 aromatic heterocycles. The van der Waals surface area contributed by atoms with Gasteiger partial charge in [-0.25, -0.2) is 4.99 Å². The van der Waals surface area contributed by atoms with E-state index in [2.05, 4.69) is 0 Å². The van der Waals surface area contributed by atoms with E-state index in [1.54, 1.807) is 19.2 Å². The highest BCUT2D eigenvalue weighted by atomic mass is 35.5. The first-order chi connectivity index (χ1) is 17.0. The molecule has 0 saturated carbocycles. The Morgan fingerprint density at radius 2 is 1.71 bits per heavy atom. The number of hydrogen-bond donors (Lipinski definition) is 1. The highest BCUT2D eigenvalue weighted by Crippen LogP contribution is 2.47. The second kappa shape index (κ2) is 8.83. The first-order valence-electron chi connectivity index (χ1n) is 10.6. The molecule has 1 atom stereocenters. The highest BCUT2D eigenvalue weighted by Gasteiger charge is 2.38. The largest absolute Gasteiger partial charge is 0.508 e. The number of aromatic hydroxyl groups is 1. The maximum Gasteiger partial charge on any atom is 0.193 e. The lowest BCUT2D eigenvalue weighted by Crippen LogP contribution is -2.27. The maximum atomic E-state index is 9.81. The molecule has 0 fully saturated rings. The Bertz CT molecular complexity index is 1540. The molecule has 0 aliphatic carbocycles. The summed E-state index contributed by atoms with van der Waals surface area (Å²) >= 11 is 15.0. The molecule has 2 aliphatic rings. The smallest absolute Gasteiger partial charge is 0.193 e. The van der Waals surface area contributed by atoms with Gasteiger partial charge >= 0.3 is 0 Å². The molecule has 10 heteroatoms. The van der Waals surface area contributed by atoms with Crippen LogP contribution in [0.1, 0.15) is 22.0 Å². The van der Waals surface area contributed by atoms with Crippen LogP contribution in [-0.4, -0.2) is 27.0 Å². The van der Waals surface area contributed by atoms with Crippen molar-refractivity contribution in [2.45, 2.75) is 6.04 Å². The lowest BCUT2D eigenvalue weighted by Gasteiger charge is -2.26. The lowest BCUT2D eigenvalue weighted by molar-refractivity contribution is 0.415. The summed E-state index contributed by atoms with van der Waals surface area (Å²) in [6, 6.07) is 22.3. The molecule has 174 valence electrons. The number of thioether (sulfide) groups is 1. The van der Waals surface area contributed by atoms with Crippen LogP contribution < -0.4 is 9.75 Å². The van der Waals surface area contributed by atoms with Crippen LogP contribution >= 0.6 is 46.9 Å². The van der Waals surface area contributed by atoms with Crippen LogP contribution in [0.4, 0.5) is 5.82 Å². The number of nitrogens with zero attached hydrogens (tertiary/aromatic N) is 4. The van der Waals surface area contributed by atoms with Gasteiger partial charge in [-0.15, -0.1) is 11.3 Å². The van der Waals surface area contributed by atoms with Crippen molar-refractivity contribution in [3.8, 4) is 17.2 Å². The number of hydrogen-bond acceptors (Lipinski definition) is 8. The van der Waals surface area contributed by atoms with E-state index < -0.39 is 0 Å². The number of fused-ring (bicyclic) bond motifs is 3. The third-order valence-electron chi connectivity index (χ3n) is 5.69. The average molecular weight is 537 g/mol. The molecule has 1 unspecified atom stereocenters. The van der Waals surface area contributed by atoms with Gasteiger partial charge in [0.25, 0.3) is 0 Å². The fourth-order valence-electron chi connectivity index (χ4n) is 3.98. The zero-order chi connectivity index (χ0) is 24.1. The summed E-state index contributed by atoms with van der Waals surface area (Å²) in [6.07, 6.45) is 0. The molecule has 0 amide bonds. The molecule has 3 heterocycles. The van der Waals surface area contributed by atoms with Gasteiger partial charge in [0.2, 0.25) is 0 Å². The van der Waals surface area contributed by atoms with Crippen molar-refractivity contribution in [2.75, 3.05) is 12.1 Å². The maximum absolute atomic E-state index is 9.81. The van der Waals surface area contributed by atoms with Gasteiger partial charge in [0.1, 0.15) is 22.6 Å². The molecule has 2 aliphatic heterocycles. The molecular formula is C25H17ClN4O2S3. The van der Waals surface area contributed by atoms with Crippen molar-refractivity contribution in [1.82, 2.24) is 4.57 Å². The Hall–Kier alpha value is -3.11. The minimum atomic E-state index is -0.269. The number of aliphatic imine (C=N–C) groups is 1. The summed E-state index contributed by atoms with van der Waals surface area (Å²) in [4.78, 5) is 6.06. The van der Waals surface area contributed by atoms with Gasteiger partial charge in [0.15, 0.2) is 14.9 Å². The van der Waals surface area contributed by atoms with Crippen molar-refractivity contribution in [1.29, 1.82) is 0 Å². The molecule has 3 aromatic carbocycles. The van der Waals surface area contributed by atoms with Crippen molar-refractivity contribution in [3.05, 3.63) is 97.8 Å². The molecule has 4 aromatic rings. The van der Waals surface area contributed by atoms with Crippen molar-refractivity contribution in [3.63, 3.8) is 0 Å². The standard InChI is InChI=1S/C25H17ClN4O2S3/c1-32-19-12-4-15(5-13-19)22-28-30-23-21(34-25(33)29(23)17-8-6-16(26)7-9-17)20(27-24(30)35-22)14-2-10-18(31)11-3-14/h2-13,20,31H,1H3. The topological polar surface area (TPSA) is 62.4 Å². The van der Waals surface area contributed by atoms with Gasteiger partial charge in [0, 0.05) is 16.3 Å². The van der Waals surface area contributed by atoms with Gasteiger partial charge in [-0.1, -0.05) is 23.7 Å². The van der Waals surface area contributed by atoms with E-state index in [-0.39, 0.29) is 11.8 Å². The number of thiazole rings is 1. The number of benzene rings is 3. The monoisotopic (exact) mass is 536 g/mol. The van der Waals surface area contributed by atoms with E-state index in [4.69, 9.17) is 38.6 Å². The normalized spacial score (nSPS) is 16.4. The molecule has 0 radical (unpaired) electrons. The van der Waals surface area contributed by atoms with E-state index >= 15 is 0 Å². The van der Waals surface area contributed by atoms with Gasteiger partial charge in [-0.05, 0) is 90.2 Å². The van der Waals surface area contributed by atoms with Crippen LogP contribution in [0.15, 0.2) is 82.9 Å². The molecule has 6 rings (SSSR count). The highest BCUT2D eigenvalue weighted by molar-refractivity contribution is 8.27. The molecule has 6 nitrogen and oxygen atoms in total. The van der Waals surface area contributed by atoms with Crippen molar-refractivity contribution in [2.24, 2.45) is 10.1 Å². The summed E-state index contributed by atoms with van der Waals surface area (Å²) < 4.78 is 8.01. The van der Waals surface area contributed by atoms with Crippen LogP contribution in [0.5, 0.6) is 11.5 Å². The second-order valence-electron chi connectivity index (χ2n) is 7.82. The summed E-state index contributed by atoms with van der Waals surface area (Å²) in [5, 5.41) is 18.9. The fraction of sp³-hybridized carbons (Fsp3) is 0.0800. The zero-order valence-electron chi connectivity index (χ0n) is 18.3. The summed E-state index contributed by atoms with van der Waals surface area (Å²) in [5.41, 5.74) is 2.84. The third-order valence-corrected chi connectivity index (χ3v) is 8.33. The van der Waals surface area contributed by atoms with E-state index in [0.29, 0.717) is 8.98 Å². The number of rotatable bonds is 4. The fourth-order valence-corrected chi connectivity index (χ4v) is 6.53. The van der Waals surface area contributed by atoms with E-state index in [1.165, 1.54) is 23.1 Å². The summed E-state index contributed by atoms with van der Waals surface area (Å²) in [6.45, 7) is 0. The molecule has 1 N–H and O–H groups in total. The predicted octanol–water partition coefficient (Wildman–Crippen LogP) is 7.01. The number of aromatic nitrogens is 1. The SMILES string of the molecule is COc1ccc(C2=NN3C(=NC(c4ccc(O)cc4)c4sc(=S)n(-c5ccc(Cl)cc5)c43)S2)cc1. The minimum absolute atomic E-state index is 0.214. The number of anilines is 1. The van der Waals surface area contributed by atoms with Gasteiger partial charge in [0.05, 0.1) is 12.0 Å². The molecule has 0 saturated heterocycles. The minimum Gasteiger partial charge on any atom is -0.508 e. The Kier molecular flexibility index (Phi) is 5.64. The van der Waals surface area contributed by atoms with E-state index in [1.807, 2.05) is 70.2 Å². The first-order valence-corrected chi connectivity index (χ1v) is 13.0. The number of amidine groups is 1. The van der Waals surface area contributed by atoms with Crippen LogP contribution in [0.2, 0.25) is 5.02 Å². The van der Waals surface area contributed by atoms with Crippen molar-refractivity contribution < 1.29 is 9.84 Å². The van der Waals surface area contributed by atoms with Crippen LogP contribution in [0, 0.1) is 3.95 Å². The Balaban J connectivity index is 1.53. The zero-order valence-corrected chi connectivity index (χ0v) is 21.5. The lowest BCUT2D eigenvalue weighted by atomic mass is 10.0. The Labute approximate surface area is 219 Å². The molecule has 0 bridgehead atoms. The third kappa shape index (κ3) is 3.94. The number of hydrazone groups is 1. The quantitative estimate of drug-likeness (QED) is 0.284. The van der Waals surface area contributed by atoms with Gasteiger partial charge in [-0.2, -0.15) is 10.1 Å². The van der Waals surface area contributed by atoms with Crippen LogP contribution in [0.3, 0.4) is 0 Å². The van der Waals surface area contributed by atoms with Gasteiger partial charge in [-0.3, -0.25) is 4.57 Å². The van der Waals surface area contributed by atoms with Crippen molar-refractivity contribution >= 4 is 62.9 Å². The van der Waals surface area contributed by atoms with Gasteiger partial charge < -0.3 is 9.84 Å². The number of methoxy groups -OCH3 is 1. The second-order valence-corrected chi connectivity index (χ2v) is 10.9.